The topological polar surface area (TPSA) is 54.4 Å². The minimum atomic E-state index is -0.563. The first kappa shape index (κ1) is 15.0. The van der Waals surface area contributed by atoms with Crippen molar-refractivity contribution in [2.45, 2.75) is 26.1 Å². The van der Waals surface area contributed by atoms with Crippen molar-refractivity contribution in [2.24, 2.45) is 0 Å². The van der Waals surface area contributed by atoms with Crippen LogP contribution in [-0.2, 0) is 4.74 Å². The Morgan fingerprint density at radius 3 is 2.90 bits per heavy atom. The molecule has 2 rings (SSSR count). The van der Waals surface area contributed by atoms with Crippen molar-refractivity contribution >= 4 is 28.2 Å². The molecule has 5 heteroatoms. The summed E-state index contributed by atoms with van der Waals surface area (Å²) in [5.41, 5.74) is 1.66. The van der Waals surface area contributed by atoms with Crippen LogP contribution in [0.5, 0.6) is 0 Å². The number of halogens is 1. The van der Waals surface area contributed by atoms with Gasteiger partial charge in [-0.1, -0.05) is 11.6 Å². The van der Waals surface area contributed by atoms with Crippen molar-refractivity contribution in [3.8, 4) is 0 Å². The van der Waals surface area contributed by atoms with Gasteiger partial charge in [0.05, 0.1) is 35.0 Å². The predicted molar refractivity (Wildman–Crippen MR) is 82.3 cm³/mol. The molecule has 1 unspecified atom stereocenters. The van der Waals surface area contributed by atoms with E-state index in [1.165, 1.54) is 0 Å². The predicted octanol–water partition coefficient (Wildman–Crippen LogP) is 3.09. The van der Waals surface area contributed by atoms with E-state index in [-0.39, 0.29) is 6.10 Å². The Balaban J connectivity index is 2.05. The number of aliphatic hydroxyl groups is 1. The van der Waals surface area contributed by atoms with Gasteiger partial charge in [0.1, 0.15) is 0 Å². The molecule has 20 heavy (non-hydrogen) atoms. The Morgan fingerprint density at radius 1 is 1.35 bits per heavy atom. The number of nitrogens with zero attached hydrogens (tertiary/aromatic N) is 1. The molecular formula is C15H19ClN2O2. The van der Waals surface area contributed by atoms with Gasteiger partial charge in [0.25, 0.3) is 0 Å². The number of pyridine rings is 1. The van der Waals surface area contributed by atoms with E-state index in [9.17, 15) is 5.11 Å². The van der Waals surface area contributed by atoms with E-state index in [2.05, 4.69) is 10.3 Å². The van der Waals surface area contributed by atoms with Gasteiger partial charge in [-0.15, -0.1) is 0 Å². The van der Waals surface area contributed by atoms with Crippen LogP contribution < -0.4 is 5.32 Å². The summed E-state index contributed by atoms with van der Waals surface area (Å²) in [7, 11) is 0. The van der Waals surface area contributed by atoms with Gasteiger partial charge < -0.3 is 15.2 Å². The minimum Gasteiger partial charge on any atom is -0.389 e. The van der Waals surface area contributed by atoms with Gasteiger partial charge in [-0.05, 0) is 38.1 Å². The quantitative estimate of drug-likeness (QED) is 0.859. The average Bonchev–Trinajstić information content (AvgIpc) is 2.45. The molecule has 4 nitrogen and oxygen atoms in total. The zero-order valence-electron chi connectivity index (χ0n) is 11.6. The normalized spacial score (nSPS) is 12.8. The number of fused-ring (bicyclic) bond motifs is 1. The highest BCUT2D eigenvalue weighted by molar-refractivity contribution is 6.35. The molecule has 0 aliphatic heterocycles. The number of aliphatic hydroxyl groups excluding tert-OH is 1. The van der Waals surface area contributed by atoms with E-state index in [1.54, 1.807) is 6.20 Å². The van der Waals surface area contributed by atoms with Crippen LogP contribution in [0.3, 0.4) is 0 Å². The molecule has 0 spiro atoms. The third-order valence-electron chi connectivity index (χ3n) is 2.87. The van der Waals surface area contributed by atoms with Crippen LogP contribution in [0, 0.1) is 0 Å². The Bertz CT molecular complexity index is 575. The number of rotatable bonds is 6. The molecule has 1 atom stereocenters. The molecule has 108 valence electrons. The van der Waals surface area contributed by atoms with Gasteiger partial charge in [0.15, 0.2) is 0 Å². The number of anilines is 1. The molecule has 0 bridgehead atoms. The van der Waals surface area contributed by atoms with Gasteiger partial charge in [-0.2, -0.15) is 0 Å². The summed E-state index contributed by atoms with van der Waals surface area (Å²) in [6.45, 7) is 4.59. The molecule has 0 aliphatic carbocycles. The SMILES string of the molecule is CC(C)OCC(O)CNc1ccc(Cl)c2cccnc12. The first-order valence-corrected chi connectivity index (χ1v) is 7.02. The minimum absolute atomic E-state index is 0.114. The number of aromatic nitrogens is 1. The van der Waals surface area contributed by atoms with E-state index < -0.39 is 6.10 Å². The summed E-state index contributed by atoms with van der Waals surface area (Å²) in [5.74, 6) is 0. The summed E-state index contributed by atoms with van der Waals surface area (Å²) >= 11 is 6.14. The third-order valence-corrected chi connectivity index (χ3v) is 3.20. The second-order valence-electron chi connectivity index (χ2n) is 4.91. The van der Waals surface area contributed by atoms with Crippen molar-refractivity contribution in [1.29, 1.82) is 0 Å². The van der Waals surface area contributed by atoms with Gasteiger partial charge in [0, 0.05) is 18.1 Å². The summed E-state index contributed by atoms with van der Waals surface area (Å²) in [5, 5.41) is 14.6. The summed E-state index contributed by atoms with van der Waals surface area (Å²) < 4.78 is 5.37. The number of nitrogens with one attached hydrogen (secondary N) is 1. The maximum absolute atomic E-state index is 9.85. The monoisotopic (exact) mass is 294 g/mol. The maximum atomic E-state index is 9.85. The summed E-state index contributed by atoms with van der Waals surface area (Å²) in [4.78, 5) is 4.33. The molecule has 0 saturated heterocycles. The second kappa shape index (κ2) is 6.88. The van der Waals surface area contributed by atoms with Crippen molar-refractivity contribution < 1.29 is 9.84 Å². The van der Waals surface area contributed by atoms with Crippen LogP contribution >= 0.6 is 11.6 Å². The molecule has 0 aliphatic rings. The number of ether oxygens (including phenoxy) is 1. The summed E-state index contributed by atoms with van der Waals surface area (Å²) in [6.07, 6.45) is 1.27. The van der Waals surface area contributed by atoms with Crippen LogP contribution in [0.25, 0.3) is 10.9 Å². The standard InChI is InChI=1S/C15H19ClN2O2/c1-10(2)20-9-11(19)8-18-14-6-5-13(16)12-4-3-7-17-15(12)14/h3-7,10-11,18-19H,8-9H2,1-2H3. The highest BCUT2D eigenvalue weighted by Gasteiger charge is 2.09. The Hall–Kier alpha value is -1.36. The van der Waals surface area contributed by atoms with Gasteiger partial charge in [-0.3, -0.25) is 4.98 Å². The maximum Gasteiger partial charge on any atom is 0.0948 e. The fraction of sp³-hybridized carbons (Fsp3) is 0.400. The lowest BCUT2D eigenvalue weighted by Crippen LogP contribution is -2.26. The molecule has 2 N–H and O–H groups in total. The van der Waals surface area contributed by atoms with E-state index in [1.807, 2.05) is 38.1 Å². The lowest BCUT2D eigenvalue weighted by Gasteiger charge is -2.16. The van der Waals surface area contributed by atoms with E-state index >= 15 is 0 Å². The molecule has 0 fully saturated rings. The molecule has 1 aromatic carbocycles. The molecule has 0 radical (unpaired) electrons. The van der Waals surface area contributed by atoms with E-state index in [0.29, 0.717) is 18.2 Å². The Kier molecular flexibility index (Phi) is 5.17. The fourth-order valence-corrected chi connectivity index (χ4v) is 2.09. The largest absolute Gasteiger partial charge is 0.389 e. The van der Waals surface area contributed by atoms with E-state index in [0.717, 1.165) is 16.6 Å². The first-order chi connectivity index (χ1) is 9.58. The molecule has 0 saturated carbocycles. The lowest BCUT2D eigenvalue weighted by molar-refractivity contribution is 0.0112. The average molecular weight is 295 g/mol. The van der Waals surface area contributed by atoms with Gasteiger partial charge in [-0.25, -0.2) is 0 Å². The van der Waals surface area contributed by atoms with Crippen molar-refractivity contribution in [3.63, 3.8) is 0 Å². The van der Waals surface area contributed by atoms with Gasteiger partial charge >= 0.3 is 0 Å². The number of hydrogen-bond acceptors (Lipinski definition) is 4. The van der Waals surface area contributed by atoms with Crippen molar-refractivity contribution in [1.82, 2.24) is 4.98 Å². The first-order valence-electron chi connectivity index (χ1n) is 6.64. The number of hydrogen-bond donors (Lipinski definition) is 2. The zero-order chi connectivity index (χ0) is 14.5. The Morgan fingerprint density at radius 2 is 2.15 bits per heavy atom. The second-order valence-corrected chi connectivity index (χ2v) is 5.32. The molecule has 1 heterocycles. The van der Waals surface area contributed by atoms with Gasteiger partial charge in [0.2, 0.25) is 0 Å². The van der Waals surface area contributed by atoms with Crippen molar-refractivity contribution in [2.75, 3.05) is 18.5 Å². The van der Waals surface area contributed by atoms with Crippen LogP contribution in [0.15, 0.2) is 30.5 Å². The summed E-state index contributed by atoms with van der Waals surface area (Å²) in [6, 6.07) is 7.47. The van der Waals surface area contributed by atoms with Crippen molar-refractivity contribution in [3.05, 3.63) is 35.5 Å². The zero-order valence-corrected chi connectivity index (χ0v) is 12.4. The van der Waals surface area contributed by atoms with Crippen LogP contribution in [0.1, 0.15) is 13.8 Å². The molecule has 1 aromatic heterocycles. The highest BCUT2D eigenvalue weighted by Crippen LogP contribution is 2.27. The molecular weight excluding hydrogens is 276 g/mol. The van der Waals surface area contributed by atoms with Crippen LogP contribution in [0.2, 0.25) is 5.02 Å². The van der Waals surface area contributed by atoms with Crippen LogP contribution in [-0.4, -0.2) is 35.5 Å². The third kappa shape index (κ3) is 3.82. The fourth-order valence-electron chi connectivity index (χ4n) is 1.87. The molecule has 0 amide bonds. The molecule has 2 aromatic rings. The number of benzene rings is 1. The smallest absolute Gasteiger partial charge is 0.0948 e. The Labute approximate surface area is 123 Å². The van der Waals surface area contributed by atoms with E-state index in [4.69, 9.17) is 16.3 Å². The lowest BCUT2D eigenvalue weighted by atomic mass is 10.2. The van der Waals surface area contributed by atoms with Crippen LogP contribution in [0.4, 0.5) is 5.69 Å². The highest BCUT2D eigenvalue weighted by atomic mass is 35.5.